The molecule has 0 atom stereocenters. The molecular formula is C9H10F3N. The molecule has 0 amide bonds. The van der Waals surface area contributed by atoms with Crippen molar-refractivity contribution in [3.05, 3.63) is 29.3 Å². The van der Waals surface area contributed by atoms with Crippen molar-refractivity contribution in [2.24, 2.45) is 0 Å². The van der Waals surface area contributed by atoms with Gasteiger partial charge in [-0.3, -0.25) is 0 Å². The van der Waals surface area contributed by atoms with Crippen LogP contribution in [-0.4, -0.2) is 6.18 Å². The summed E-state index contributed by atoms with van der Waals surface area (Å²) in [5.74, 6) is 0. The average Bonchev–Trinajstić information content (AvgIpc) is 1.93. The first kappa shape index (κ1) is 9.89. The Morgan fingerprint density at radius 2 is 1.92 bits per heavy atom. The van der Waals surface area contributed by atoms with Gasteiger partial charge < -0.3 is 5.73 Å². The van der Waals surface area contributed by atoms with E-state index in [0.717, 1.165) is 5.56 Å². The minimum atomic E-state index is -4.19. The van der Waals surface area contributed by atoms with Crippen LogP contribution in [0.15, 0.2) is 18.2 Å². The van der Waals surface area contributed by atoms with E-state index in [9.17, 15) is 13.2 Å². The van der Waals surface area contributed by atoms with Crippen molar-refractivity contribution in [1.29, 1.82) is 0 Å². The number of aryl methyl sites for hydroxylation is 1. The van der Waals surface area contributed by atoms with Crippen molar-refractivity contribution in [3.63, 3.8) is 0 Å². The van der Waals surface area contributed by atoms with Crippen LogP contribution in [-0.2, 0) is 6.42 Å². The van der Waals surface area contributed by atoms with Crippen molar-refractivity contribution >= 4 is 5.69 Å². The lowest BCUT2D eigenvalue weighted by Crippen LogP contribution is -2.13. The molecule has 0 aromatic heterocycles. The van der Waals surface area contributed by atoms with Gasteiger partial charge in [0.15, 0.2) is 0 Å². The fourth-order valence-electron chi connectivity index (χ4n) is 1.09. The maximum absolute atomic E-state index is 12.0. The molecule has 0 aliphatic carbocycles. The van der Waals surface area contributed by atoms with E-state index in [1.807, 2.05) is 0 Å². The maximum Gasteiger partial charge on any atom is 0.393 e. The summed E-state index contributed by atoms with van der Waals surface area (Å²) in [5, 5.41) is 0. The Labute approximate surface area is 74.4 Å². The molecule has 0 fully saturated rings. The zero-order valence-electron chi connectivity index (χ0n) is 7.15. The normalized spacial score (nSPS) is 11.7. The molecule has 1 rings (SSSR count). The molecule has 1 aromatic carbocycles. The van der Waals surface area contributed by atoms with Gasteiger partial charge in [0.1, 0.15) is 0 Å². The van der Waals surface area contributed by atoms with Gasteiger partial charge in [-0.2, -0.15) is 13.2 Å². The van der Waals surface area contributed by atoms with E-state index in [4.69, 9.17) is 5.73 Å². The van der Waals surface area contributed by atoms with Crippen molar-refractivity contribution in [3.8, 4) is 0 Å². The maximum atomic E-state index is 12.0. The lowest BCUT2D eigenvalue weighted by Gasteiger charge is -2.09. The zero-order valence-corrected chi connectivity index (χ0v) is 7.15. The summed E-state index contributed by atoms with van der Waals surface area (Å²) < 4.78 is 35.9. The summed E-state index contributed by atoms with van der Waals surface area (Å²) in [6.45, 7) is 1.79. The number of alkyl halides is 3. The number of hydrogen-bond acceptors (Lipinski definition) is 1. The van der Waals surface area contributed by atoms with Gasteiger partial charge in [-0.25, -0.2) is 0 Å². The molecule has 0 bridgehead atoms. The lowest BCUT2D eigenvalue weighted by molar-refractivity contribution is -0.127. The molecular weight excluding hydrogens is 179 g/mol. The number of nitrogen functional groups attached to an aromatic ring is 1. The highest BCUT2D eigenvalue weighted by Crippen LogP contribution is 2.25. The first-order valence-electron chi connectivity index (χ1n) is 3.80. The fraction of sp³-hybridized carbons (Fsp3) is 0.333. The van der Waals surface area contributed by atoms with Crippen LogP contribution in [0.3, 0.4) is 0 Å². The van der Waals surface area contributed by atoms with Crippen molar-refractivity contribution in [2.45, 2.75) is 19.5 Å². The van der Waals surface area contributed by atoms with Gasteiger partial charge in [0, 0.05) is 5.69 Å². The number of halogens is 3. The fourth-order valence-corrected chi connectivity index (χ4v) is 1.09. The molecule has 0 saturated carbocycles. The topological polar surface area (TPSA) is 26.0 Å². The SMILES string of the molecule is Cc1ccc(CC(F)(F)F)c(N)c1. The molecule has 1 aromatic rings. The Morgan fingerprint density at radius 1 is 1.31 bits per heavy atom. The van der Waals surface area contributed by atoms with E-state index >= 15 is 0 Å². The molecule has 72 valence electrons. The summed E-state index contributed by atoms with van der Waals surface area (Å²) in [6, 6.07) is 4.58. The molecule has 0 saturated heterocycles. The molecule has 0 aliphatic heterocycles. The van der Waals surface area contributed by atoms with Crippen LogP contribution in [0.2, 0.25) is 0 Å². The van der Waals surface area contributed by atoms with Crippen molar-refractivity contribution in [2.75, 3.05) is 5.73 Å². The van der Waals surface area contributed by atoms with E-state index in [0.29, 0.717) is 0 Å². The molecule has 2 N–H and O–H groups in total. The summed E-state index contributed by atoms with van der Waals surface area (Å²) in [5.41, 5.74) is 6.64. The molecule has 0 spiro atoms. The standard InChI is InChI=1S/C9H10F3N/c1-6-2-3-7(8(13)4-6)5-9(10,11)12/h2-4H,5,13H2,1H3. The predicted molar refractivity (Wildman–Crippen MR) is 45.4 cm³/mol. The van der Waals surface area contributed by atoms with E-state index in [2.05, 4.69) is 0 Å². The number of benzene rings is 1. The molecule has 0 aliphatic rings. The number of hydrogen-bond donors (Lipinski definition) is 1. The number of nitrogens with two attached hydrogens (primary N) is 1. The van der Waals surface area contributed by atoms with Crippen LogP contribution in [0.5, 0.6) is 0 Å². The smallest absolute Gasteiger partial charge is 0.393 e. The van der Waals surface area contributed by atoms with Gasteiger partial charge in [0.2, 0.25) is 0 Å². The van der Waals surface area contributed by atoms with Crippen LogP contribution in [0, 0.1) is 6.92 Å². The van der Waals surface area contributed by atoms with Gasteiger partial charge in [0.25, 0.3) is 0 Å². The second kappa shape index (κ2) is 3.28. The quantitative estimate of drug-likeness (QED) is 0.675. The van der Waals surface area contributed by atoms with Crippen molar-refractivity contribution in [1.82, 2.24) is 0 Å². The molecule has 13 heavy (non-hydrogen) atoms. The number of anilines is 1. The third-order valence-corrected chi connectivity index (χ3v) is 1.69. The third-order valence-electron chi connectivity index (χ3n) is 1.69. The minimum absolute atomic E-state index is 0.137. The Morgan fingerprint density at radius 3 is 2.38 bits per heavy atom. The molecule has 1 nitrogen and oxygen atoms in total. The second-order valence-corrected chi connectivity index (χ2v) is 2.99. The van der Waals surface area contributed by atoms with Crippen molar-refractivity contribution < 1.29 is 13.2 Å². The van der Waals surface area contributed by atoms with E-state index in [1.54, 1.807) is 19.1 Å². The minimum Gasteiger partial charge on any atom is -0.398 e. The Hall–Kier alpha value is -1.19. The average molecular weight is 189 g/mol. The zero-order chi connectivity index (χ0) is 10.1. The Kier molecular flexibility index (Phi) is 2.50. The number of rotatable bonds is 1. The summed E-state index contributed by atoms with van der Waals surface area (Å²) in [4.78, 5) is 0. The van der Waals surface area contributed by atoms with Gasteiger partial charge >= 0.3 is 6.18 Å². The largest absolute Gasteiger partial charge is 0.398 e. The Bertz CT molecular complexity index is 304. The van der Waals surface area contributed by atoms with Crippen LogP contribution in [0.4, 0.5) is 18.9 Å². The lowest BCUT2D eigenvalue weighted by atomic mass is 10.1. The Balaban J connectivity index is 2.90. The highest BCUT2D eigenvalue weighted by atomic mass is 19.4. The molecule has 0 unspecified atom stereocenters. The third kappa shape index (κ3) is 2.97. The van der Waals surface area contributed by atoms with Gasteiger partial charge in [0.05, 0.1) is 6.42 Å². The predicted octanol–water partition coefficient (Wildman–Crippen LogP) is 2.68. The molecule has 4 heteroatoms. The highest BCUT2D eigenvalue weighted by Gasteiger charge is 2.28. The van der Waals surface area contributed by atoms with Gasteiger partial charge in [-0.1, -0.05) is 12.1 Å². The van der Waals surface area contributed by atoms with Crippen LogP contribution in [0.1, 0.15) is 11.1 Å². The molecule has 0 radical (unpaired) electrons. The first-order valence-corrected chi connectivity index (χ1v) is 3.80. The first-order chi connectivity index (χ1) is 5.88. The van der Waals surface area contributed by atoms with Gasteiger partial charge in [-0.15, -0.1) is 0 Å². The summed E-state index contributed by atoms with van der Waals surface area (Å²) >= 11 is 0. The van der Waals surface area contributed by atoms with Crippen LogP contribution < -0.4 is 5.73 Å². The van der Waals surface area contributed by atoms with E-state index in [1.165, 1.54) is 6.07 Å². The van der Waals surface area contributed by atoms with Gasteiger partial charge in [-0.05, 0) is 24.1 Å². The summed E-state index contributed by atoms with van der Waals surface area (Å²) in [7, 11) is 0. The van der Waals surface area contributed by atoms with Crippen LogP contribution >= 0.6 is 0 Å². The highest BCUT2D eigenvalue weighted by molar-refractivity contribution is 5.49. The van der Waals surface area contributed by atoms with Crippen LogP contribution in [0.25, 0.3) is 0 Å². The molecule has 0 heterocycles. The van der Waals surface area contributed by atoms with E-state index in [-0.39, 0.29) is 11.3 Å². The summed E-state index contributed by atoms with van der Waals surface area (Å²) in [6.07, 6.45) is -5.15. The monoisotopic (exact) mass is 189 g/mol. The second-order valence-electron chi connectivity index (χ2n) is 2.99. The van der Waals surface area contributed by atoms with E-state index < -0.39 is 12.6 Å².